The van der Waals surface area contributed by atoms with Gasteiger partial charge in [-0.3, -0.25) is 14.4 Å². The van der Waals surface area contributed by atoms with Crippen molar-refractivity contribution in [3.05, 3.63) is 48.0 Å². The highest BCUT2D eigenvalue weighted by Crippen LogP contribution is 2.18. The van der Waals surface area contributed by atoms with Crippen molar-refractivity contribution in [1.29, 1.82) is 0 Å². The molecule has 0 aliphatic carbocycles. The fourth-order valence-corrected chi connectivity index (χ4v) is 4.91. The van der Waals surface area contributed by atoms with Gasteiger partial charge in [0.2, 0.25) is 17.7 Å². The van der Waals surface area contributed by atoms with Gasteiger partial charge in [-0.2, -0.15) is 0 Å². The van der Waals surface area contributed by atoms with Crippen LogP contribution >= 0.6 is 0 Å². The van der Waals surface area contributed by atoms with E-state index < -0.39 is 53.7 Å². The maximum absolute atomic E-state index is 13.7. The molecule has 1 aromatic carbocycles. The highest BCUT2D eigenvalue weighted by atomic mass is 16.6. The summed E-state index contributed by atoms with van der Waals surface area (Å²) >= 11 is 0. The number of hydrogen-bond acceptors (Lipinski definition) is 8. The molecule has 12 nitrogen and oxygen atoms in total. The molecule has 4 amide bonds. The number of amides is 4. The second-order valence-corrected chi connectivity index (χ2v) is 12.5. The molecular weight excluding hydrogens is 580 g/mol. The number of carbonyl (C=O) groups excluding carboxylic acids is 5. The average Bonchev–Trinajstić information content (AvgIpc) is 3.36. The number of ether oxygens (including phenoxy) is 3. The van der Waals surface area contributed by atoms with Crippen LogP contribution in [0.3, 0.4) is 0 Å². The smallest absolute Gasteiger partial charge is 0.408 e. The normalized spacial score (nSPS) is 17.6. The van der Waals surface area contributed by atoms with E-state index >= 15 is 0 Å². The second-order valence-electron chi connectivity index (χ2n) is 12.5. The maximum atomic E-state index is 13.7. The van der Waals surface area contributed by atoms with Crippen LogP contribution in [0.4, 0.5) is 4.79 Å². The molecule has 1 unspecified atom stereocenters. The summed E-state index contributed by atoms with van der Waals surface area (Å²) in [6.45, 7) is 13.4. The summed E-state index contributed by atoms with van der Waals surface area (Å²) in [6, 6.07) is 6.28. The lowest BCUT2D eigenvalue weighted by Gasteiger charge is -2.32. The molecule has 45 heavy (non-hydrogen) atoms. The lowest BCUT2D eigenvalue weighted by molar-refractivity contribution is -0.137. The number of hydrogen-bond donors (Lipinski definition) is 4. The molecule has 1 heterocycles. The highest BCUT2D eigenvalue weighted by Gasteiger charge is 2.35. The van der Waals surface area contributed by atoms with Crippen LogP contribution in [-0.4, -0.2) is 72.8 Å². The highest BCUT2D eigenvalue weighted by molar-refractivity contribution is 5.92. The van der Waals surface area contributed by atoms with Gasteiger partial charge in [-0.25, -0.2) is 9.59 Å². The van der Waals surface area contributed by atoms with Crippen LogP contribution in [-0.2, 0) is 40.0 Å². The minimum absolute atomic E-state index is 0.00756. The van der Waals surface area contributed by atoms with Crippen LogP contribution in [0.25, 0.3) is 0 Å². The largest absolute Gasteiger partial charge is 0.463 e. The fourth-order valence-electron chi connectivity index (χ4n) is 4.91. The first-order chi connectivity index (χ1) is 21.2. The maximum Gasteiger partial charge on any atom is 0.408 e. The molecule has 0 aromatic heterocycles. The zero-order valence-corrected chi connectivity index (χ0v) is 27.5. The number of alkyl carbamates (subject to hydrolysis) is 1. The number of carbonyl (C=O) groups is 5. The molecule has 1 saturated heterocycles. The summed E-state index contributed by atoms with van der Waals surface area (Å²) < 4.78 is 16.3. The molecule has 4 N–H and O–H groups in total. The molecule has 0 saturated carbocycles. The summed E-state index contributed by atoms with van der Waals surface area (Å²) in [7, 11) is 0. The molecule has 0 spiro atoms. The molecule has 12 heteroatoms. The Morgan fingerprint density at radius 3 is 2.27 bits per heavy atom. The van der Waals surface area contributed by atoms with Crippen LogP contribution in [0, 0.1) is 11.8 Å². The van der Waals surface area contributed by atoms with E-state index in [1.165, 1.54) is 12.2 Å². The Labute approximate surface area is 266 Å². The van der Waals surface area contributed by atoms with Gasteiger partial charge in [0.25, 0.3) is 0 Å². The third-order valence-corrected chi connectivity index (χ3v) is 6.90. The van der Waals surface area contributed by atoms with Gasteiger partial charge < -0.3 is 35.5 Å². The van der Waals surface area contributed by atoms with Crippen molar-refractivity contribution < 1.29 is 38.2 Å². The average molecular weight is 631 g/mol. The minimum atomic E-state index is -1.18. The monoisotopic (exact) mass is 630 g/mol. The van der Waals surface area contributed by atoms with Crippen LogP contribution in [0.2, 0.25) is 0 Å². The third-order valence-electron chi connectivity index (χ3n) is 6.90. The van der Waals surface area contributed by atoms with Gasteiger partial charge in [0.1, 0.15) is 18.7 Å². The van der Waals surface area contributed by atoms with E-state index in [4.69, 9.17) is 14.2 Å². The topological polar surface area (TPSA) is 161 Å². The Morgan fingerprint density at radius 2 is 1.69 bits per heavy atom. The van der Waals surface area contributed by atoms with E-state index in [1.54, 1.807) is 13.8 Å². The fraction of sp³-hybridized carbons (Fsp3) is 0.606. The Balaban J connectivity index is 2.22. The van der Waals surface area contributed by atoms with E-state index in [0.29, 0.717) is 13.0 Å². The lowest BCUT2D eigenvalue weighted by atomic mass is 9.96. The van der Waals surface area contributed by atoms with Crippen molar-refractivity contribution in [2.24, 2.45) is 11.8 Å². The molecule has 0 radical (unpaired) electrons. The van der Waals surface area contributed by atoms with Gasteiger partial charge in [-0.05, 0) is 65.4 Å². The zero-order valence-electron chi connectivity index (χ0n) is 27.5. The van der Waals surface area contributed by atoms with Gasteiger partial charge in [0.05, 0.1) is 18.3 Å². The van der Waals surface area contributed by atoms with Crippen molar-refractivity contribution >= 4 is 29.8 Å². The molecule has 1 aliphatic heterocycles. The van der Waals surface area contributed by atoms with E-state index in [0.717, 1.165) is 5.56 Å². The van der Waals surface area contributed by atoms with E-state index in [-0.39, 0.29) is 43.8 Å². The van der Waals surface area contributed by atoms with Crippen molar-refractivity contribution in [3.8, 4) is 0 Å². The number of nitrogens with one attached hydrogen (secondary N) is 4. The first-order valence-electron chi connectivity index (χ1n) is 15.6. The molecule has 1 aliphatic rings. The second kappa shape index (κ2) is 18.1. The third kappa shape index (κ3) is 14.1. The van der Waals surface area contributed by atoms with E-state index in [9.17, 15) is 24.0 Å². The van der Waals surface area contributed by atoms with E-state index in [2.05, 4.69) is 21.3 Å². The number of rotatable bonds is 16. The molecule has 0 bridgehead atoms. The lowest BCUT2D eigenvalue weighted by Crippen LogP contribution is -2.59. The van der Waals surface area contributed by atoms with Crippen LogP contribution < -0.4 is 21.3 Å². The van der Waals surface area contributed by atoms with Crippen molar-refractivity contribution in [2.45, 2.75) is 104 Å². The molecular formula is C33H50N4O8. The predicted octanol–water partition coefficient (Wildman–Crippen LogP) is 3.15. The minimum Gasteiger partial charge on any atom is -0.463 e. The molecule has 250 valence electrons. The van der Waals surface area contributed by atoms with Crippen LogP contribution in [0.5, 0.6) is 0 Å². The molecule has 1 fully saturated rings. The SMILES string of the molecule is CCOC(=O)/C=C/[C@H](C[C@@H]1CCNC1=O)NC(=O)[C@@H](CC(C)C)NC(=O)[C@@H](NC(=O)OCc1ccccc1)C(C)OC(C)(C)C. The summed E-state index contributed by atoms with van der Waals surface area (Å²) in [5.74, 6) is -2.14. The Hall–Kier alpha value is -3.93. The number of esters is 1. The zero-order chi connectivity index (χ0) is 33.6. The van der Waals surface area contributed by atoms with Crippen molar-refractivity contribution in [2.75, 3.05) is 13.2 Å². The van der Waals surface area contributed by atoms with Gasteiger partial charge in [0, 0.05) is 24.6 Å². The Kier molecular flexibility index (Phi) is 15.0. The predicted molar refractivity (Wildman–Crippen MR) is 169 cm³/mol. The standard InChI is InChI=1S/C33H50N4O8/c1-8-43-27(38)15-14-25(19-24-16-17-34-29(24)39)35-30(40)26(18-21(2)3)36-31(41)28(22(4)45-33(5,6)7)37-32(42)44-20-23-12-10-9-11-13-23/h9-15,21-22,24-26,28H,8,16-20H2,1-7H3,(H,34,39)(H,35,40)(H,36,41)(H,37,42)/b15-14+/t22?,24-,25+,26+,28-/m0/s1. The van der Waals surface area contributed by atoms with Gasteiger partial charge in [0.15, 0.2) is 0 Å². The summed E-state index contributed by atoms with van der Waals surface area (Å²) in [6.07, 6.45) is 2.29. The first kappa shape index (κ1) is 37.3. The van der Waals surface area contributed by atoms with Gasteiger partial charge in [-0.1, -0.05) is 50.3 Å². The van der Waals surface area contributed by atoms with Crippen LogP contribution in [0.15, 0.2) is 42.5 Å². The summed E-state index contributed by atoms with van der Waals surface area (Å²) in [5, 5.41) is 11.1. The number of benzene rings is 1. The Morgan fingerprint density at radius 1 is 1.00 bits per heavy atom. The van der Waals surface area contributed by atoms with E-state index in [1.807, 2.05) is 65.0 Å². The summed E-state index contributed by atoms with van der Waals surface area (Å²) in [5.41, 5.74) is 0.149. The molecule has 5 atom stereocenters. The van der Waals surface area contributed by atoms with Gasteiger partial charge in [-0.15, -0.1) is 0 Å². The van der Waals surface area contributed by atoms with Gasteiger partial charge >= 0.3 is 12.1 Å². The molecule has 1 aromatic rings. The Bertz CT molecular complexity index is 1160. The van der Waals surface area contributed by atoms with Crippen LogP contribution in [0.1, 0.15) is 73.3 Å². The summed E-state index contributed by atoms with van der Waals surface area (Å²) in [4.78, 5) is 64.4. The van der Waals surface area contributed by atoms with Crippen molar-refractivity contribution in [1.82, 2.24) is 21.3 Å². The van der Waals surface area contributed by atoms with Crippen molar-refractivity contribution in [3.63, 3.8) is 0 Å². The quantitative estimate of drug-likeness (QED) is 0.160. The first-order valence-corrected chi connectivity index (χ1v) is 15.6. The molecule has 2 rings (SSSR count).